The summed E-state index contributed by atoms with van der Waals surface area (Å²) in [5.74, 6) is -1.01. The Morgan fingerprint density at radius 3 is 1.72 bits per heavy atom. The Labute approximate surface area is 104 Å². The van der Waals surface area contributed by atoms with Crippen LogP contribution in [-0.2, 0) is 0 Å². The van der Waals surface area contributed by atoms with Gasteiger partial charge in [0.25, 0.3) is 0 Å². The van der Waals surface area contributed by atoms with E-state index >= 15 is 0 Å². The molecule has 5 atom stereocenters. The number of Topliss-reactive ketones (excluding diaryl/α,β-unsaturated/α-hetero) is 2. The van der Waals surface area contributed by atoms with Crippen LogP contribution in [0.15, 0.2) is 36.4 Å². The summed E-state index contributed by atoms with van der Waals surface area (Å²) in [5.41, 5.74) is 1.05. The Bertz CT molecular complexity index is 551. The fraction of sp³-hybridized carbons (Fsp3) is 0.333. The second kappa shape index (κ2) is 3.18. The van der Waals surface area contributed by atoms with Crippen LogP contribution in [0.2, 0.25) is 0 Å². The van der Waals surface area contributed by atoms with E-state index in [0.29, 0.717) is 11.1 Å². The van der Waals surface area contributed by atoms with Gasteiger partial charge in [-0.1, -0.05) is 36.4 Å². The van der Waals surface area contributed by atoms with Gasteiger partial charge in [0.15, 0.2) is 11.6 Å². The monoisotopic (exact) mass is 240 g/mol. The first-order valence-corrected chi connectivity index (χ1v) is 6.24. The molecule has 0 radical (unpaired) electrons. The zero-order chi connectivity index (χ0) is 12.4. The van der Waals surface area contributed by atoms with Crippen molar-refractivity contribution in [2.24, 2.45) is 23.7 Å². The number of benzene rings is 1. The molecule has 3 aliphatic rings. The Morgan fingerprint density at radius 2 is 1.28 bits per heavy atom. The fourth-order valence-corrected chi connectivity index (χ4v) is 3.83. The lowest BCUT2D eigenvalue weighted by Crippen LogP contribution is -2.38. The smallest absolute Gasteiger partial charge is 0.168 e. The van der Waals surface area contributed by atoms with Gasteiger partial charge in [-0.25, -0.2) is 0 Å². The van der Waals surface area contributed by atoms with E-state index in [-0.39, 0.29) is 35.2 Å². The van der Waals surface area contributed by atoms with Gasteiger partial charge in [-0.15, -0.1) is 0 Å². The van der Waals surface area contributed by atoms with Gasteiger partial charge in [-0.2, -0.15) is 0 Å². The molecule has 2 bridgehead atoms. The largest absolute Gasteiger partial charge is 0.392 e. The molecule has 4 rings (SSSR count). The number of ketones is 2. The number of carbonyl (C=O) groups is 2. The van der Waals surface area contributed by atoms with E-state index in [1.165, 1.54) is 0 Å². The van der Waals surface area contributed by atoms with E-state index in [9.17, 15) is 14.7 Å². The highest BCUT2D eigenvalue weighted by molar-refractivity contribution is 6.16. The molecule has 3 nitrogen and oxygen atoms in total. The SMILES string of the molecule is O=C1c2ccccc2C(=O)[C@H]2[C@@H]1[C@H]1C=C[C@@H]2C1O. The summed E-state index contributed by atoms with van der Waals surface area (Å²) in [4.78, 5) is 25.0. The molecule has 18 heavy (non-hydrogen) atoms. The van der Waals surface area contributed by atoms with E-state index in [0.717, 1.165) is 0 Å². The van der Waals surface area contributed by atoms with Crippen molar-refractivity contribution >= 4 is 11.6 Å². The third-order valence-electron chi connectivity index (χ3n) is 4.62. The zero-order valence-electron chi connectivity index (χ0n) is 9.61. The van der Waals surface area contributed by atoms with Gasteiger partial charge in [-0.3, -0.25) is 9.59 Å². The maximum Gasteiger partial charge on any atom is 0.168 e. The lowest BCUT2D eigenvalue weighted by atomic mass is 9.69. The van der Waals surface area contributed by atoms with E-state index in [1.54, 1.807) is 24.3 Å². The minimum Gasteiger partial charge on any atom is -0.392 e. The van der Waals surface area contributed by atoms with Gasteiger partial charge in [0, 0.05) is 34.8 Å². The van der Waals surface area contributed by atoms with E-state index < -0.39 is 6.10 Å². The molecule has 1 fully saturated rings. The van der Waals surface area contributed by atoms with Crippen molar-refractivity contribution in [2.75, 3.05) is 0 Å². The van der Waals surface area contributed by atoms with Crippen LogP contribution in [0.5, 0.6) is 0 Å². The first kappa shape index (κ1) is 10.2. The van der Waals surface area contributed by atoms with E-state index in [4.69, 9.17) is 0 Å². The molecule has 0 aliphatic heterocycles. The highest BCUT2D eigenvalue weighted by Gasteiger charge is 2.59. The molecule has 1 N–H and O–H groups in total. The summed E-state index contributed by atoms with van der Waals surface area (Å²) in [6.07, 6.45) is 3.23. The molecule has 90 valence electrons. The lowest BCUT2D eigenvalue weighted by molar-refractivity contribution is 0.0720. The quantitative estimate of drug-likeness (QED) is 0.699. The highest BCUT2D eigenvalue weighted by Crippen LogP contribution is 2.52. The standard InChI is InChI=1S/C15H12O3/c16-13-9-5-6-10(13)12-11(9)14(17)7-3-1-2-4-8(7)15(12)18/h1-6,9-13,16H/t9-,10+,11+,12-,13?. The van der Waals surface area contributed by atoms with Gasteiger partial charge in [0.1, 0.15) is 0 Å². The molecule has 1 aromatic carbocycles. The molecule has 0 amide bonds. The van der Waals surface area contributed by atoms with Crippen LogP contribution in [0, 0.1) is 23.7 Å². The molecule has 1 aromatic rings. The third kappa shape index (κ3) is 0.993. The number of rotatable bonds is 0. The number of aliphatic hydroxyl groups is 1. The van der Waals surface area contributed by atoms with Crippen molar-refractivity contribution in [3.05, 3.63) is 47.5 Å². The number of hydrogen-bond acceptors (Lipinski definition) is 3. The second-order valence-corrected chi connectivity index (χ2v) is 5.36. The van der Waals surface area contributed by atoms with Gasteiger partial charge in [0.05, 0.1) is 6.10 Å². The molecule has 1 unspecified atom stereocenters. The first-order chi connectivity index (χ1) is 8.70. The predicted molar refractivity (Wildman–Crippen MR) is 64.2 cm³/mol. The van der Waals surface area contributed by atoms with Crippen LogP contribution >= 0.6 is 0 Å². The van der Waals surface area contributed by atoms with Crippen molar-refractivity contribution < 1.29 is 14.7 Å². The average Bonchev–Trinajstić information content (AvgIpc) is 2.90. The summed E-state index contributed by atoms with van der Waals surface area (Å²) in [7, 11) is 0. The Hall–Kier alpha value is -1.74. The molecule has 0 heterocycles. The van der Waals surface area contributed by atoms with Gasteiger partial charge in [0.2, 0.25) is 0 Å². The number of carbonyl (C=O) groups excluding carboxylic acids is 2. The molecule has 3 heteroatoms. The van der Waals surface area contributed by atoms with Crippen molar-refractivity contribution in [1.82, 2.24) is 0 Å². The average molecular weight is 240 g/mol. The molecular weight excluding hydrogens is 228 g/mol. The molecule has 0 saturated heterocycles. The maximum atomic E-state index is 12.5. The summed E-state index contributed by atoms with van der Waals surface area (Å²) in [5, 5.41) is 10.1. The predicted octanol–water partition coefficient (Wildman–Crippen LogP) is 1.47. The second-order valence-electron chi connectivity index (χ2n) is 5.36. The van der Waals surface area contributed by atoms with Crippen LogP contribution in [0.4, 0.5) is 0 Å². The lowest BCUT2D eigenvalue weighted by Gasteiger charge is -2.30. The minimum atomic E-state index is -0.567. The number of aliphatic hydroxyl groups excluding tert-OH is 1. The topological polar surface area (TPSA) is 54.4 Å². The van der Waals surface area contributed by atoms with Crippen molar-refractivity contribution in [2.45, 2.75) is 6.10 Å². The van der Waals surface area contributed by atoms with Gasteiger partial charge < -0.3 is 5.11 Å². The Morgan fingerprint density at radius 1 is 0.833 bits per heavy atom. The minimum absolute atomic E-state index is 0.0195. The highest BCUT2D eigenvalue weighted by atomic mass is 16.3. The molecule has 3 aliphatic carbocycles. The third-order valence-corrected chi connectivity index (χ3v) is 4.62. The summed E-state index contributed by atoms with van der Waals surface area (Å²) < 4.78 is 0. The van der Waals surface area contributed by atoms with Crippen LogP contribution < -0.4 is 0 Å². The van der Waals surface area contributed by atoms with Crippen molar-refractivity contribution in [3.8, 4) is 0 Å². The molecule has 0 aromatic heterocycles. The maximum absolute atomic E-state index is 12.5. The first-order valence-electron chi connectivity index (χ1n) is 6.24. The normalized spacial score (nSPS) is 39.9. The van der Waals surface area contributed by atoms with Crippen LogP contribution in [0.1, 0.15) is 20.7 Å². The van der Waals surface area contributed by atoms with Crippen molar-refractivity contribution in [1.29, 1.82) is 0 Å². The summed E-state index contributed by atoms with van der Waals surface area (Å²) in [6.45, 7) is 0. The molecule has 0 spiro atoms. The van der Waals surface area contributed by atoms with Crippen LogP contribution in [0.25, 0.3) is 0 Å². The van der Waals surface area contributed by atoms with Gasteiger partial charge >= 0.3 is 0 Å². The van der Waals surface area contributed by atoms with Gasteiger partial charge in [-0.05, 0) is 0 Å². The Balaban J connectivity index is 1.93. The van der Waals surface area contributed by atoms with Crippen molar-refractivity contribution in [3.63, 3.8) is 0 Å². The van der Waals surface area contributed by atoms with E-state index in [2.05, 4.69) is 0 Å². The summed E-state index contributed by atoms with van der Waals surface area (Å²) >= 11 is 0. The van der Waals surface area contributed by atoms with Crippen LogP contribution in [-0.4, -0.2) is 22.8 Å². The summed E-state index contributed by atoms with van der Waals surface area (Å²) in [6, 6.07) is 7.00. The van der Waals surface area contributed by atoms with E-state index in [1.807, 2.05) is 12.2 Å². The number of hydrogen-bond donors (Lipinski definition) is 1. The number of fused-ring (bicyclic) bond motifs is 6. The van der Waals surface area contributed by atoms with Crippen LogP contribution in [0.3, 0.4) is 0 Å². The zero-order valence-corrected chi connectivity index (χ0v) is 9.61. The molecule has 1 saturated carbocycles. The Kier molecular flexibility index (Phi) is 1.80. The fourth-order valence-electron chi connectivity index (χ4n) is 3.83. The molecular formula is C15H12O3.